The molecule has 0 spiro atoms. The molecular formula is C16H20FNO2. The molecule has 0 radical (unpaired) electrons. The minimum Gasteiger partial charge on any atom is -0.490 e. The molecule has 1 aromatic carbocycles. The first-order valence-electron chi connectivity index (χ1n) is 6.72. The Hall–Kier alpha value is -2.02. The molecule has 0 aliphatic heterocycles. The van der Waals surface area contributed by atoms with Gasteiger partial charge in [-0.1, -0.05) is 13.0 Å². The summed E-state index contributed by atoms with van der Waals surface area (Å²) in [4.78, 5) is 0. The molecule has 0 aliphatic rings. The van der Waals surface area contributed by atoms with Gasteiger partial charge in [-0.05, 0) is 37.8 Å². The Labute approximate surface area is 119 Å². The van der Waals surface area contributed by atoms with Crippen LogP contribution in [0.15, 0.2) is 18.7 Å². The molecular weight excluding hydrogens is 257 g/mol. The van der Waals surface area contributed by atoms with Gasteiger partial charge in [0.15, 0.2) is 17.3 Å². The van der Waals surface area contributed by atoms with Gasteiger partial charge in [-0.25, -0.2) is 4.39 Å². The zero-order valence-electron chi connectivity index (χ0n) is 12.2. The van der Waals surface area contributed by atoms with E-state index >= 15 is 0 Å². The molecule has 1 atom stereocenters. The van der Waals surface area contributed by atoms with E-state index in [0.717, 1.165) is 0 Å². The highest BCUT2D eigenvalue weighted by Crippen LogP contribution is 2.35. The second-order valence-electron chi connectivity index (χ2n) is 4.45. The molecule has 0 aliphatic carbocycles. The van der Waals surface area contributed by atoms with E-state index in [2.05, 4.69) is 6.58 Å². The highest BCUT2D eigenvalue weighted by molar-refractivity contribution is 5.53. The molecule has 3 nitrogen and oxygen atoms in total. The van der Waals surface area contributed by atoms with Gasteiger partial charge >= 0.3 is 0 Å². The summed E-state index contributed by atoms with van der Waals surface area (Å²) in [5.74, 6) is -0.140. The third kappa shape index (κ3) is 3.51. The maximum absolute atomic E-state index is 14.4. The summed E-state index contributed by atoms with van der Waals surface area (Å²) >= 11 is 0. The summed E-state index contributed by atoms with van der Waals surface area (Å²) in [5, 5.41) is 9.19. The summed E-state index contributed by atoms with van der Waals surface area (Å²) in [6.07, 6.45) is 2.31. The van der Waals surface area contributed by atoms with Crippen molar-refractivity contribution >= 4 is 0 Å². The lowest BCUT2D eigenvalue weighted by Crippen LogP contribution is -2.07. The van der Waals surface area contributed by atoms with E-state index in [9.17, 15) is 9.65 Å². The molecule has 0 fully saturated rings. The van der Waals surface area contributed by atoms with Crippen molar-refractivity contribution < 1.29 is 13.9 Å². The van der Waals surface area contributed by atoms with Gasteiger partial charge in [-0.2, -0.15) is 5.26 Å². The molecule has 0 N–H and O–H groups in total. The van der Waals surface area contributed by atoms with E-state index in [-0.39, 0.29) is 17.2 Å². The van der Waals surface area contributed by atoms with Crippen molar-refractivity contribution in [2.75, 3.05) is 13.2 Å². The third-order valence-electron chi connectivity index (χ3n) is 2.91. The number of ether oxygens (including phenoxy) is 2. The molecule has 0 bridgehead atoms. The van der Waals surface area contributed by atoms with E-state index in [4.69, 9.17) is 9.47 Å². The second-order valence-corrected chi connectivity index (χ2v) is 4.45. The molecule has 0 saturated carbocycles. The van der Waals surface area contributed by atoms with Gasteiger partial charge in [0, 0.05) is 0 Å². The Morgan fingerprint density at radius 3 is 2.55 bits per heavy atom. The number of benzene rings is 1. The molecule has 0 aromatic heterocycles. The topological polar surface area (TPSA) is 42.2 Å². The molecule has 0 amide bonds. The van der Waals surface area contributed by atoms with Gasteiger partial charge in [0.05, 0.1) is 18.8 Å². The maximum atomic E-state index is 14.4. The second kappa shape index (κ2) is 7.54. The van der Waals surface area contributed by atoms with Crippen molar-refractivity contribution in [3.8, 4) is 17.6 Å². The van der Waals surface area contributed by atoms with Crippen molar-refractivity contribution in [1.29, 1.82) is 5.26 Å². The van der Waals surface area contributed by atoms with Crippen LogP contribution >= 0.6 is 0 Å². The summed E-state index contributed by atoms with van der Waals surface area (Å²) in [7, 11) is 0. The minimum atomic E-state index is -0.647. The van der Waals surface area contributed by atoms with Crippen LogP contribution in [0.4, 0.5) is 4.39 Å². The fourth-order valence-corrected chi connectivity index (χ4v) is 1.91. The van der Waals surface area contributed by atoms with Crippen molar-refractivity contribution in [2.24, 2.45) is 5.92 Å². The molecule has 0 heterocycles. The number of allylic oxidation sites excluding steroid dienone is 1. The molecule has 1 rings (SSSR count). The van der Waals surface area contributed by atoms with Gasteiger partial charge in [0.1, 0.15) is 6.07 Å². The van der Waals surface area contributed by atoms with Crippen LogP contribution in [0.25, 0.3) is 0 Å². The van der Waals surface area contributed by atoms with Gasteiger partial charge in [0.25, 0.3) is 0 Å². The monoisotopic (exact) mass is 277 g/mol. The number of hydrogen-bond donors (Lipinski definition) is 0. The number of halogens is 1. The van der Waals surface area contributed by atoms with Crippen LogP contribution in [-0.2, 0) is 6.42 Å². The minimum absolute atomic E-state index is 0.0147. The Morgan fingerprint density at radius 1 is 1.40 bits per heavy atom. The first-order valence-corrected chi connectivity index (χ1v) is 6.72. The average Bonchev–Trinajstić information content (AvgIpc) is 2.43. The summed E-state index contributed by atoms with van der Waals surface area (Å²) in [6, 6.07) is 3.61. The quantitative estimate of drug-likeness (QED) is 0.711. The van der Waals surface area contributed by atoms with Crippen molar-refractivity contribution in [3.63, 3.8) is 0 Å². The SMILES string of the molecule is C=C[C@H](C)Cc1cc(OCC)c(OCC)c(F)c1C#N. The van der Waals surface area contributed by atoms with Crippen LogP contribution in [0.3, 0.4) is 0 Å². The van der Waals surface area contributed by atoms with Crippen molar-refractivity contribution in [1.82, 2.24) is 0 Å². The lowest BCUT2D eigenvalue weighted by atomic mass is 9.96. The lowest BCUT2D eigenvalue weighted by Gasteiger charge is -2.16. The Balaban J connectivity index is 3.37. The van der Waals surface area contributed by atoms with Crippen LogP contribution in [-0.4, -0.2) is 13.2 Å². The predicted octanol–water partition coefficient (Wildman–Crippen LogP) is 3.86. The Morgan fingerprint density at radius 2 is 2.05 bits per heavy atom. The first kappa shape index (κ1) is 16.0. The zero-order chi connectivity index (χ0) is 15.1. The summed E-state index contributed by atoms with van der Waals surface area (Å²) in [6.45, 7) is 9.96. The molecule has 4 heteroatoms. The molecule has 108 valence electrons. The summed E-state index contributed by atoms with van der Waals surface area (Å²) < 4.78 is 25.1. The lowest BCUT2D eigenvalue weighted by molar-refractivity contribution is 0.275. The van der Waals surface area contributed by atoms with Crippen LogP contribution in [0.5, 0.6) is 11.5 Å². The average molecular weight is 277 g/mol. The fraction of sp³-hybridized carbons (Fsp3) is 0.438. The first-order chi connectivity index (χ1) is 9.58. The Bertz CT molecular complexity index is 520. The highest BCUT2D eigenvalue weighted by Gasteiger charge is 2.21. The van der Waals surface area contributed by atoms with Crippen molar-refractivity contribution in [3.05, 3.63) is 35.7 Å². The van der Waals surface area contributed by atoms with Gasteiger partial charge < -0.3 is 9.47 Å². The van der Waals surface area contributed by atoms with Gasteiger partial charge in [0.2, 0.25) is 0 Å². The standard InChI is InChI=1S/C16H20FNO2/c1-5-11(4)8-12-9-14(19-6-2)16(20-7-3)15(17)13(12)10-18/h5,9,11H,1,6-8H2,2-4H3/t11-/m0/s1. The van der Waals surface area contributed by atoms with Crippen LogP contribution < -0.4 is 9.47 Å². The number of nitriles is 1. The zero-order valence-corrected chi connectivity index (χ0v) is 12.2. The van der Waals surface area contributed by atoms with E-state index in [1.54, 1.807) is 19.1 Å². The Kier molecular flexibility index (Phi) is 6.05. The summed E-state index contributed by atoms with van der Waals surface area (Å²) in [5.41, 5.74) is 0.634. The molecule has 20 heavy (non-hydrogen) atoms. The van der Waals surface area contributed by atoms with E-state index in [0.29, 0.717) is 30.9 Å². The fourth-order valence-electron chi connectivity index (χ4n) is 1.91. The molecule has 1 aromatic rings. The molecule has 0 unspecified atom stereocenters. The van der Waals surface area contributed by atoms with Gasteiger partial charge in [-0.15, -0.1) is 6.58 Å². The van der Waals surface area contributed by atoms with Crippen molar-refractivity contribution in [2.45, 2.75) is 27.2 Å². The normalized spacial score (nSPS) is 11.6. The van der Waals surface area contributed by atoms with E-state index in [1.165, 1.54) is 0 Å². The highest BCUT2D eigenvalue weighted by atomic mass is 19.1. The number of hydrogen-bond acceptors (Lipinski definition) is 3. The third-order valence-corrected chi connectivity index (χ3v) is 2.91. The number of nitrogens with zero attached hydrogens (tertiary/aromatic N) is 1. The van der Waals surface area contributed by atoms with Gasteiger partial charge in [-0.3, -0.25) is 0 Å². The maximum Gasteiger partial charge on any atom is 0.198 e. The van der Waals surface area contributed by atoms with Crippen LogP contribution in [0.1, 0.15) is 31.9 Å². The van der Waals surface area contributed by atoms with E-state index < -0.39 is 5.82 Å². The number of rotatable bonds is 7. The predicted molar refractivity (Wildman–Crippen MR) is 76.5 cm³/mol. The van der Waals surface area contributed by atoms with E-state index in [1.807, 2.05) is 19.9 Å². The van der Waals surface area contributed by atoms with Crippen LogP contribution in [0.2, 0.25) is 0 Å². The largest absolute Gasteiger partial charge is 0.490 e. The smallest absolute Gasteiger partial charge is 0.198 e. The van der Waals surface area contributed by atoms with Crippen LogP contribution in [0, 0.1) is 23.1 Å². The molecule has 0 saturated heterocycles.